The summed E-state index contributed by atoms with van der Waals surface area (Å²) in [5.41, 5.74) is 8.06. The maximum absolute atomic E-state index is 4.48. The van der Waals surface area contributed by atoms with Crippen LogP contribution in [0.4, 0.5) is 0 Å². The topological polar surface area (TPSA) is 28.2 Å². The van der Waals surface area contributed by atoms with Gasteiger partial charge in [0.05, 0.1) is 22.1 Å². The third kappa shape index (κ3) is 4.97. The Morgan fingerprint density at radius 2 is 1.93 bits per heavy atom. The minimum Gasteiger partial charge on any atom is -0.383 e. The highest BCUT2D eigenvalue weighted by atomic mass is 32.1. The van der Waals surface area contributed by atoms with Crippen molar-refractivity contribution in [2.75, 3.05) is 6.54 Å². The largest absolute Gasteiger partial charge is 0.383 e. The van der Waals surface area contributed by atoms with E-state index in [1.54, 1.807) is 11.3 Å². The van der Waals surface area contributed by atoms with Crippen LogP contribution >= 0.6 is 11.3 Å². The van der Waals surface area contributed by atoms with E-state index >= 15 is 0 Å². The molecule has 1 N–H and O–H groups in total. The highest BCUT2D eigenvalue weighted by Gasteiger charge is 2.36. The van der Waals surface area contributed by atoms with E-state index in [9.17, 15) is 0 Å². The lowest BCUT2D eigenvalue weighted by molar-refractivity contribution is 0.219. The zero-order valence-electron chi connectivity index (χ0n) is 19.5. The van der Waals surface area contributed by atoms with Crippen molar-refractivity contribution in [3.05, 3.63) is 65.6 Å². The number of nitrogens with zero attached hydrogens (tertiary/aromatic N) is 2. The van der Waals surface area contributed by atoms with E-state index in [2.05, 4.69) is 94.2 Å². The van der Waals surface area contributed by atoms with Gasteiger partial charge in [0.2, 0.25) is 0 Å². The Bertz CT molecular complexity index is 888. The van der Waals surface area contributed by atoms with Crippen LogP contribution in [0.15, 0.2) is 54.3 Å². The van der Waals surface area contributed by atoms with Gasteiger partial charge in [-0.25, -0.2) is 4.98 Å². The van der Waals surface area contributed by atoms with Crippen LogP contribution in [-0.4, -0.2) is 22.5 Å². The van der Waals surface area contributed by atoms with Gasteiger partial charge in [-0.3, -0.25) is 0 Å². The molecule has 30 heavy (non-hydrogen) atoms. The summed E-state index contributed by atoms with van der Waals surface area (Å²) in [4.78, 5) is 8.10. The molecule has 162 valence electrons. The molecule has 0 amide bonds. The highest BCUT2D eigenvalue weighted by molar-refractivity contribution is 7.13. The number of likely N-dealkylation sites (tertiary alicyclic amines) is 1. The van der Waals surface area contributed by atoms with Gasteiger partial charge in [-0.05, 0) is 35.8 Å². The molecule has 2 aromatic rings. The quantitative estimate of drug-likeness (QED) is 0.542. The van der Waals surface area contributed by atoms with Crippen LogP contribution in [0.2, 0.25) is 0 Å². The van der Waals surface area contributed by atoms with Gasteiger partial charge >= 0.3 is 0 Å². The molecule has 1 saturated heterocycles. The van der Waals surface area contributed by atoms with Gasteiger partial charge in [-0.2, -0.15) is 0 Å². The second-order valence-electron chi connectivity index (χ2n) is 9.93. The number of allylic oxidation sites excluding steroid dienone is 1. The van der Waals surface area contributed by atoms with Crippen molar-refractivity contribution in [3.63, 3.8) is 0 Å². The molecule has 0 spiro atoms. The molecule has 0 radical (unpaired) electrons. The SMILES string of the molecule is C=C(NCc1ccc(-c2scnc2C)cc1)C1C[C@@H](C)CN1C(=C)[C@@H](C)C(C)(C)C. The summed E-state index contributed by atoms with van der Waals surface area (Å²) in [5.74, 6) is 1.08. The summed E-state index contributed by atoms with van der Waals surface area (Å²) in [7, 11) is 0. The molecule has 4 heteroatoms. The Morgan fingerprint density at radius 3 is 2.50 bits per heavy atom. The lowest BCUT2D eigenvalue weighted by Crippen LogP contribution is -2.38. The van der Waals surface area contributed by atoms with Crippen molar-refractivity contribution >= 4 is 11.3 Å². The molecule has 1 aliphatic rings. The lowest BCUT2D eigenvalue weighted by Gasteiger charge is -2.38. The zero-order chi connectivity index (χ0) is 22.1. The van der Waals surface area contributed by atoms with E-state index in [1.165, 1.54) is 21.7 Å². The number of aromatic nitrogens is 1. The molecule has 0 saturated carbocycles. The van der Waals surface area contributed by atoms with E-state index in [0.717, 1.165) is 30.9 Å². The minimum absolute atomic E-state index is 0.209. The van der Waals surface area contributed by atoms with E-state index in [0.29, 0.717) is 17.9 Å². The van der Waals surface area contributed by atoms with Gasteiger partial charge in [-0.15, -0.1) is 11.3 Å². The molecule has 3 atom stereocenters. The molecule has 1 aromatic carbocycles. The van der Waals surface area contributed by atoms with Crippen LogP contribution in [0, 0.1) is 24.2 Å². The molecule has 0 bridgehead atoms. The Balaban J connectivity index is 1.63. The van der Waals surface area contributed by atoms with Crippen molar-refractivity contribution in [1.82, 2.24) is 15.2 Å². The fourth-order valence-corrected chi connectivity index (χ4v) is 4.94. The first-order chi connectivity index (χ1) is 14.1. The summed E-state index contributed by atoms with van der Waals surface area (Å²) < 4.78 is 0. The van der Waals surface area contributed by atoms with Crippen molar-refractivity contribution in [3.8, 4) is 10.4 Å². The number of aryl methyl sites for hydroxylation is 1. The second kappa shape index (κ2) is 8.97. The van der Waals surface area contributed by atoms with E-state index in [-0.39, 0.29) is 5.41 Å². The first-order valence-corrected chi connectivity index (χ1v) is 11.8. The third-order valence-corrected chi connectivity index (χ3v) is 7.54. The first kappa shape index (κ1) is 22.6. The molecular formula is C26H37N3S. The summed E-state index contributed by atoms with van der Waals surface area (Å²) >= 11 is 1.70. The first-order valence-electron chi connectivity index (χ1n) is 11.0. The summed E-state index contributed by atoms with van der Waals surface area (Å²) in [5, 5.41) is 3.60. The standard InChI is InChI=1S/C26H37N3S/c1-17-13-24(29(15-17)21(5)18(2)26(6,7)8)19(3)27-14-22-9-11-23(12-10-22)25-20(4)28-16-30-25/h9-12,16-18,24,27H,3,5,13-15H2,1-2,4,6-8H3/t17-,18-,24?/m1/s1. The number of hydrogen-bond donors (Lipinski definition) is 1. The fraction of sp³-hybridized carbons (Fsp3) is 0.500. The van der Waals surface area contributed by atoms with Crippen LogP contribution in [0.1, 0.15) is 52.3 Å². The summed E-state index contributed by atoms with van der Waals surface area (Å²) in [6.07, 6.45) is 1.13. The smallest absolute Gasteiger partial charge is 0.0801 e. The van der Waals surface area contributed by atoms with Gasteiger partial charge < -0.3 is 10.2 Å². The maximum atomic E-state index is 4.48. The predicted molar refractivity (Wildman–Crippen MR) is 130 cm³/mol. The second-order valence-corrected chi connectivity index (χ2v) is 10.8. The molecule has 1 fully saturated rings. The lowest BCUT2D eigenvalue weighted by atomic mass is 9.80. The molecule has 3 nitrogen and oxygen atoms in total. The number of hydrogen-bond acceptors (Lipinski definition) is 4. The fourth-order valence-electron chi connectivity index (χ4n) is 4.13. The van der Waals surface area contributed by atoms with Crippen LogP contribution < -0.4 is 5.32 Å². The van der Waals surface area contributed by atoms with Crippen molar-refractivity contribution < 1.29 is 0 Å². The number of nitrogens with one attached hydrogen (secondary N) is 1. The van der Waals surface area contributed by atoms with Crippen molar-refractivity contribution in [1.29, 1.82) is 0 Å². The molecule has 1 aliphatic heterocycles. The van der Waals surface area contributed by atoms with Gasteiger partial charge in [0, 0.05) is 30.4 Å². The Hall–Kier alpha value is -2.07. The van der Waals surface area contributed by atoms with Crippen LogP contribution in [0.5, 0.6) is 0 Å². The van der Waals surface area contributed by atoms with Gasteiger partial charge in [0.15, 0.2) is 0 Å². The Kier molecular flexibility index (Phi) is 6.76. The third-order valence-electron chi connectivity index (χ3n) is 6.56. The van der Waals surface area contributed by atoms with E-state index in [1.807, 2.05) is 5.51 Å². The molecule has 3 rings (SSSR count). The molecular weight excluding hydrogens is 386 g/mol. The van der Waals surface area contributed by atoms with Gasteiger partial charge in [-0.1, -0.05) is 72.0 Å². The summed E-state index contributed by atoms with van der Waals surface area (Å²) in [6, 6.07) is 9.10. The van der Waals surface area contributed by atoms with Crippen molar-refractivity contribution in [2.24, 2.45) is 17.3 Å². The number of benzene rings is 1. The number of rotatable bonds is 7. The molecule has 1 aromatic heterocycles. The minimum atomic E-state index is 0.209. The average molecular weight is 424 g/mol. The van der Waals surface area contributed by atoms with Crippen molar-refractivity contribution in [2.45, 2.75) is 60.5 Å². The number of thiazole rings is 1. The highest BCUT2D eigenvalue weighted by Crippen LogP contribution is 2.38. The zero-order valence-corrected chi connectivity index (χ0v) is 20.3. The Labute approximate surface area is 186 Å². The van der Waals surface area contributed by atoms with Gasteiger partial charge in [0.1, 0.15) is 0 Å². The molecule has 1 unspecified atom stereocenters. The van der Waals surface area contributed by atoms with E-state index in [4.69, 9.17) is 0 Å². The predicted octanol–water partition coefficient (Wildman–Crippen LogP) is 6.63. The van der Waals surface area contributed by atoms with E-state index < -0.39 is 0 Å². The Morgan fingerprint density at radius 1 is 1.27 bits per heavy atom. The molecule has 2 heterocycles. The normalized spacial score (nSPS) is 20.3. The summed E-state index contributed by atoms with van der Waals surface area (Å²) in [6.45, 7) is 24.3. The molecule has 0 aliphatic carbocycles. The monoisotopic (exact) mass is 423 g/mol. The van der Waals surface area contributed by atoms with Crippen LogP contribution in [-0.2, 0) is 6.54 Å². The van der Waals surface area contributed by atoms with Gasteiger partial charge in [0.25, 0.3) is 0 Å². The van der Waals surface area contributed by atoms with Crippen LogP contribution in [0.3, 0.4) is 0 Å². The maximum Gasteiger partial charge on any atom is 0.0801 e. The van der Waals surface area contributed by atoms with Crippen LogP contribution in [0.25, 0.3) is 10.4 Å². The average Bonchev–Trinajstić information content (AvgIpc) is 3.30.